The van der Waals surface area contributed by atoms with Gasteiger partial charge in [-0.1, -0.05) is 0 Å². The van der Waals surface area contributed by atoms with Crippen LogP contribution in [0.5, 0.6) is 5.75 Å². The summed E-state index contributed by atoms with van der Waals surface area (Å²) in [7, 11) is 1.68. The van der Waals surface area contributed by atoms with Gasteiger partial charge in [0, 0.05) is 38.4 Å². The molecule has 0 radical (unpaired) electrons. The first-order chi connectivity index (χ1) is 11.8. The predicted octanol–water partition coefficient (Wildman–Crippen LogP) is 1.29. The van der Waals surface area contributed by atoms with Gasteiger partial charge in [-0.25, -0.2) is 9.67 Å². The summed E-state index contributed by atoms with van der Waals surface area (Å²) in [4.78, 5) is 9.21. The van der Waals surface area contributed by atoms with E-state index in [1.165, 1.54) is 12.8 Å². The maximum absolute atomic E-state index is 5.29. The third-order valence-corrected chi connectivity index (χ3v) is 4.92. The van der Waals surface area contributed by atoms with Gasteiger partial charge < -0.3 is 9.64 Å². The average Bonchev–Trinajstić information content (AvgIpc) is 3.38. The Kier molecular flexibility index (Phi) is 4.05. The van der Waals surface area contributed by atoms with Crippen molar-refractivity contribution in [2.45, 2.75) is 31.8 Å². The molecular weight excluding hydrogens is 306 g/mol. The standard InChI is InChI=1S/C16H23N7O/c1-12(16-18-19-20-23(16)13-3-4-13)21-7-9-22(10-8-21)15-11-14(24-2)5-6-17-15/h5-6,11-13H,3-4,7-10H2,1-2H3. The van der Waals surface area contributed by atoms with E-state index in [4.69, 9.17) is 4.74 Å². The minimum Gasteiger partial charge on any atom is -0.497 e. The zero-order valence-electron chi connectivity index (χ0n) is 14.2. The molecule has 8 nitrogen and oxygen atoms in total. The van der Waals surface area contributed by atoms with E-state index in [0.717, 1.165) is 43.6 Å². The highest BCUT2D eigenvalue weighted by Gasteiger charge is 2.32. The number of methoxy groups -OCH3 is 1. The summed E-state index contributed by atoms with van der Waals surface area (Å²) in [6.45, 7) is 6.02. The van der Waals surface area contributed by atoms with E-state index in [1.54, 1.807) is 13.3 Å². The number of nitrogens with zero attached hydrogens (tertiary/aromatic N) is 7. The monoisotopic (exact) mass is 329 g/mol. The Morgan fingerprint density at radius 1 is 1.21 bits per heavy atom. The van der Waals surface area contributed by atoms with E-state index in [9.17, 15) is 0 Å². The Balaban J connectivity index is 1.41. The fourth-order valence-corrected chi connectivity index (χ4v) is 3.26. The Morgan fingerprint density at radius 3 is 2.71 bits per heavy atom. The predicted molar refractivity (Wildman–Crippen MR) is 89.1 cm³/mol. The first-order valence-corrected chi connectivity index (χ1v) is 8.53. The SMILES string of the molecule is COc1ccnc(N2CCN(C(C)c3nnnn3C3CC3)CC2)c1. The molecule has 1 saturated carbocycles. The molecule has 0 N–H and O–H groups in total. The summed E-state index contributed by atoms with van der Waals surface area (Å²) >= 11 is 0. The molecule has 2 aliphatic rings. The highest BCUT2D eigenvalue weighted by Crippen LogP contribution is 2.36. The third-order valence-electron chi connectivity index (χ3n) is 4.92. The number of rotatable bonds is 5. The van der Waals surface area contributed by atoms with Gasteiger partial charge in [0.25, 0.3) is 0 Å². The quantitative estimate of drug-likeness (QED) is 0.818. The van der Waals surface area contributed by atoms with Gasteiger partial charge in [-0.05, 0) is 36.3 Å². The molecule has 1 atom stereocenters. The fraction of sp³-hybridized carbons (Fsp3) is 0.625. The Bertz CT molecular complexity index is 691. The van der Waals surface area contributed by atoms with Gasteiger partial charge in [0.2, 0.25) is 0 Å². The molecular formula is C16H23N7O. The summed E-state index contributed by atoms with van der Waals surface area (Å²) in [5.74, 6) is 2.81. The van der Waals surface area contributed by atoms with Crippen molar-refractivity contribution < 1.29 is 4.74 Å². The highest BCUT2D eigenvalue weighted by molar-refractivity contribution is 5.44. The van der Waals surface area contributed by atoms with E-state index in [2.05, 4.69) is 37.2 Å². The molecule has 3 heterocycles. The minimum atomic E-state index is 0.237. The number of anilines is 1. The molecule has 1 unspecified atom stereocenters. The van der Waals surface area contributed by atoms with E-state index in [1.807, 2.05) is 16.8 Å². The van der Waals surface area contributed by atoms with Gasteiger partial charge in [-0.2, -0.15) is 0 Å². The Labute approximate surface area is 141 Å². The van der Waals surface area contributed by atoms with Crippen LogP contribution in [-0.2, 0) is 0 Å². The van der Waals surface area contributed by atoms with Crippen molar-refractivity contribution in [2.24, 2.45) is 0 Å². The lowest BCUT2D eigenvalue weighted by molar-refractivity contribution is 0.186. The smallest absolute Gasteiger partial charge is 0.168 e. The number of pyridine rings is 1. The number of tetrazole rings is 1. The highest BCUT2D eigenvalue weighted by atomic mass is 16.5. The lowest BCUT2D eigenvalue weighted by Gasteiger charge is -2.38. The molecule has 1 saturated heterocycles. The summed E-state index contributed by atoms with van der Waals surface area (Å²) in [6.07, 6.45) is 4.19. The molecule has 0 bridgehead atoms. The van der Waals surface area contributed by atoms with Gasteiger partial charge >= 0.3 is 0 Å². The molecule has 1 aliphatic carbocycles. The van der Waals surface area contributed by atoms with Gasteiger partial charge in [-0.15, -0.1) is 5.10 Å². The van der Waals surface area contributed by atoms with Gasteiger partial charge in [-0.3, -0.25) is 4.90 Å². The van der Waals surface area contributed by atoms with Crippen LogP contribution in [0.25, 0.3) is 0 Å². The molecule has 0 aromatic carbocycles. The number of aromatic nitrogens is 5. The van der Waals surface area contributed by atoms with Crippen molar-refractivity contribution in [1.82, 2.24) is 30.1 Å². The number of hydrogen-bond acceptors (Lipinski definition) is 7. The molecule has 24 heavy (non-hydrogen) atoms. The van der Waals surface area contributed by atoms with Crippen LogP contribution < -0.4 is 9.64 Å². The average molecular weight is 329 g/mol. The fourth-order valence-electron chi connectivity index (χ4n) is 3.26. The molecule has 2 aromatic heterocycles. The normalized spacial score (nSPS) is 20.2. The first-order valence-electron chi connectivity index (χ1n) is 8.53. The topological polar surface area (TPSA) is 72.2 Å². The maximum atomic E-state index is 5.29. The number of piperazine rings is 1. The minimum absolute atomic E-state index is 0.237. The van der Waals surface area contributed by atoms with Gasteiger partial charge in [0.1, 0.15) is 11.6 Å². The van der Waals surface area contributed by atoms with Crippen LogP contribution in [0.4, 0.5) is 5.82 Å². The molecule has 0 amide bonds. The zero-order chi connectivity index (χ0) is 16.5. The van der Waals surface area contributed by atoms with E-state index in [-0.39, 0.29) is 6.04 Å². The van der Waals surface area contributed by atoms with Crippen LogP contribution in [0.1, 0.15) is 37.7 Å². The van der Waals surface area contributed by atoms with E-state index in [0.29, 0.717) is 6.04 Å². The van der Waals surface area contributed by atoms with Crippen molar-refractivity contribution in [3.05, 3.63) is 24.2 Å². The molecule has 8 heteroatoms. The van der Waals surface area contributed by atoms with Crippen LogP contribution in [0.2, 0.25) is 0 Å². The Morgan fingerprint density at radius 2 is 2.00 bits per heavy atom. The summed E-state index contributed by atoms with van der Waals surface area (Å²) in [6, 6.07) is 4.62. The molecule has 0 spiro atoms. The second kappa shape index (κ2) is 6.35. The lowest BCUT2D eigenvalue weighted by Crippen LogP contribution is -2.47. The molecule has 4 rings (SSSR count). The zero-order valence-corrected chi connectivity index (χ0v) is 14.2. The van der Waals surface area contributed by atoms with Gasteiger partial charge in [0.05, 0.1) is 19.2 Å². The molecule has 2 fully saturated rings. The summed E-state index contributed by atoms with van der Waals surface area (Å²) in [5, 5.41) is 12.3. The van der Waals surface area contributed by atoms with Crippen LogP contribution in [-0.4, -0.2) is 63.4 Å². The van der Waals surface area contributed by atoms with Gasteiger partial charge in [0.15, 0.2) is 5.82 Å². The van der Waals surface area contributed by atoms with Crippen molar-refractivity contribution in [3.63, 3.8) is 0 Å². The van der Waals surface area contributed by atoms with Crippen molar-refractivity contribution in [1.29, 1.82) is 0 Å². The van der Waals surface area contributed by atoms with Crippen LogP contribution >= 0.6 is 0 Å². The molecule has 128 valence electrons. The maximum Gasteiger partial charge on any atom is 0.168 e. The van der Waals surface area contributed by atoms with E-state index >= 15 is 0 Å². The summed E-state index contributed by atoms with van der Waals surface area (Å²) < 4.78 is 7.31. The number of hydrogen-bond donors (Lipinski definition) is 0. The van der Waals surface area contributed by atoms with Crippen LogP contribution in [0.3, 0.4) is 0 Å². The first kappa shape index (κ1) is 15.3. The van der Waals surface area contributed by atoms with Crippen molar-refractivity contribution in [3.8, 4) is 5.75 Å². The lowest BCUT2D eigenvalue weighted by atomic mass is 10.2. The molecule has 1 aliphatic heterocycles. The molecule has 2 aromatic rings. The van der Waals surface area contributed by atoms with E-state index < -0.39 is 0 Å². The largest absolute Gasteiger partial charge is 0.497 e. The van der Waals surface area contributed by atoms with Crippen molar-refractivity contribution in [2.75, 3.05) is 38.2 Å². The second-order valence-electron chi connectivity index (χ2n) is 6.47. The van der Waals surface area contributed by atoms with Crippen LogP contribution in [0.15, 0.2) is 18.3 Å². The third kappa shape index (κ3) is 2.93. The van der Waals surface area contributed by atoms with Crippen molar-refractivity contribution >= 4 is 5.82 Å². The second-order valence-corrected chi connectivity index (χ2v) is 6.47. The number of ether oxygens (including phenoxy) is 1. The van der Waals surface area contributed by atoms with Crippen LogP contribution in [0, 0.1) is 0 Å². The Hall–Kier alpha value is -2.22. The summed E-state index contributed by atoms with van der Waals surface area (Å²) in [5.41, 5.74) is 0.